The fourth-order valence-corrected chi connectivity index (χ4v) is 5.15. The first-order valence-electron chi connectivity index (χ1n) is 12.5. The quantitative estimate of drug-likeness (QED) is 0.475. The number of halogens is 3. The third-order valence-corrected chi connectivity index (χ3v) is 7.18. The lowest BCUT2D eigenvalue weighted by atomic mass is 9.82. The molecule has 2 aliphatic rings. The van der Waals surface area contributed by atoms with Crippen molar-refractivity contribution < 1.29 is 22.7 Å². The number of aromatic nitrogens is 2. The van der Waals surface area contributed by atoms with Crippen LogP contribution in [0.5, 0.6) is 5.75 Å². The molecular formula is C26H36F3N5O2S. The monoisotopic (exact) mass is 539 g/mol. The van der Waals surface area contributed by atoms with Crippen LogP contribution >= 0.6 is 13.5 Å². The maximum atomic E-state index is 12.6. The van der Waals surface area contributed by atoms with Gasteiger partial charge in [-0.15, -0.1) is 0 Å². The second-order valence-corrected chi connectivity index (χ2v) is 10.2. The zero-order chi connectivity index (χ0) is 26.0. The lowest BCUT2D eigenvalue weighted by Gasteiger charge is -2.38. The number of nitrogens with zero attached hydrogens (tertiary/aromatic N) is 3. The molecule has 0 bridgehead atoms. The number of nitrogens with one attached hydrogen (secondary N) is 2. The van der Waals surface area contributed by atoms with Crippen LogP contribution in [0.15, 0.2) is 24.4 Å². The van der Waals surface area contributed by atoms with Crippen LogP contribution in [0.25, 0.3) is 0 Å². The second kappa shape index (κ2) is 11.8. The van der Waals surface area contributed by atoms with Crippen LogP contribution in [0.3, 0.4) is 0 Å². The van der Waals surface area contributed by atoms with Gasteiger partial charge in [0.2, 0.25) is 5.91 Å². The largest absolute Gasteiger partial charge is 0.492 e. The Morgan fingerprint density at radius 1 is 1.19 bits per heavy atom. The third-order valence-electron chi connectivity index (χ3n) is 7.18. The number of likely N-dealkylation sites (N-methyl/N-ethyl adjacent to an activating group) is 1. The lowest BCUT2D eigenvalue weighted by Crippen LogP contribution is -2.49. The first kappa shape index (κ1) is 28.9. The summed E-state index contributed by atoms with van der Waals surface area (Å²) >= 11 is 0. The van der Waals surface area contributed by atoms with Crippen LogP contribution in [0.2, 0.25) is 0 Å². The van der Waals surface area contributed by atoms with E-state index >= 15 is 0 Å². The Kier molecular flexibility index (Phi) is 9.20. The van der Waals surface area contributed by atoms with Gasteiger partial charge >= 0.3 is 6.18 Å². The number of ether oxygens (including phenoxy) is 1. The predicted molar refractivity (Wildman–Crippen MR) is 144 cm³/mol. The zero-order valence-corrected chi connectivity index (χ0v) is 22.7. The SMILES string of the molecule is Cc1nc(NCC2CCC(COc3ccc(C(F)(F)F)nc3)CC2)cc2c1NC(=O)[C@H](C(C)C)N2C.S. The minimum atomic E-state index is -4.44. The van der Waals surface area contributed by atoms with E-state index in [1.54, 1.807) is 0 Å². The minimum absolute atomic E-state index is 0. The van der Waals surface area contributed by atoms with Gasteiger partial charge in [0.25, 0.3) is 0 Å². The van der Waals surface area contributed by atoms with Crippen LogP contribution in [0.4, 0.5) is 30.4 Å². The van der Waals surface area contributed by atoms with Gasteiger partial charge in [0.05, 0.1) is 29.9 Å². The number of amides is 1. The summed E-state index contributed by atoms with van der Waals surface area (Å²) in [5, 5.41) is 6.51. The molecule has 4 rings (SSSR count). The van der Waals surface area contributed by atoms with Crippen molar-refractivity contribution in [1.29, 1.82) is 0 Å². The van der Waals surface area contributed by atoms with Gasteiger partial charge < -0.3 is 20.3 Å². The molecule has 204 valence electrons. The molecule has 0 radical (unpaired) electrons. The van der Waals surface area contributed by atoms with E-state index < -0.39 is 11.9 Å². The smallest absolute Gasteiger partial charge is 0.433 e. The zero-order valence-electron chi connectivity index (χ0n) is 21.7. The molecule has 1 saturated carbocycles. The van der Waals surface area contributed by atoms with E-state index in [1.807, 2.05) is 38.8 Å². The number of pyridine rings is 2. The van der Waals surface area contributed by atoms with Crippen molar-refractivity contribution in [3.05, 3.63) is 35.8 Å². The number of aryl methyl sites for hydroxylation is 1. The average Bonchev–Trinajstić information content (AvgIpc) is 2.82. The molecule has 1 amide bonds. The summed E-state index contributed by atoms with van der Waals surface area (Å²) in [6.07, 6.45) is 0.784. The van der Waals surface area contributed by atoms with E-state index in [-0.39, 0.29) is 31.4 Å². The molecule has 1 aliphatic carbocycles. The fraction of sp³-hybridized carbons (Fsp3) is 0.577. The van der Waals surface area contributed by atoms with Crippen LogP contribution < -0.4 is 20.3 Å². The van der Waals surface area contributed by atoms with Gasteiger partial charge in [-0.25, -0.2) is 9.97 Å². The number of rotatable bonds is 7. The molecule has 37 heavy (non-hydrogen) atoms. The average molecular weight is 540 g/mol. The molecule has 0 spiro atoms. The highest BCUT2D eigenvalue weighted by Crippen LogP contribution is 2.37. The van der Waals surface area contributed by atoms with E-state index in [0.717, 1.165) is 67.4 Å². The van der Waals surface area contributed by atoms with Gasteiger partial charge in [-0.1, -0.05) is 13.8 Å². The van der Waals surface area contributed by atoms with Gasteiger partial charge in [-0.2, -0.15) is 26.7 Å². The van der Waals surface area contributed by atoms with Gasteiger partial charge in [0.1, 0.15) is 23.3 Å². The van der Waals surface area contributed by atoms with Crippen molar-refractivity contribution in [2.75, 3.05) is 35.7 Å². The molecular weight excluding hydrogens is 503 g/mol. The molecule has 2 aromatic rings. The Bertz CT molecular complexity index is 1070. The molecule has 11 heteroatoms. The Morgan fingerprint density at radius 3 is 2.46 bits per heavy atom. The molecule has 1 fully saturated rings. The molecule has 7 nitrogen and oxygen atoms in total. The summed E-state index contributed by atoms with van der Waals surface area (Å²) in [7, 11) is 1.95. The van der Waals surface area contributed by atoms with Gasteiger partial charge in [0, 0.05) is 19.7 Å². The van der Waals surface area contributed by atoms with Crippen molar-refractivity contribution in [3.8, 4) is 5.75 Å². The van der Waals surface area contributed by atoms with E-state index in [2.05, 4.69) is 20.6 Å². The number of fused-ring (bicyclic) bond motifs is 1. The van der Waals surface area contributed by atoms with E-state index in [4.69, 9.17) is 4.74 Å². The maximum Gasteiger partial charge on any atom is 0.433 e. The van der Waals surface area contributed by atoms with Crippen LogP contribution in [-0.4, -0.2) is 42.1 Å². The molecule has 0 aromatic carbocycles. The lowest BCUT2D eigenvalue weighted by molar-refractivity contribution is -0.141. The number of carbonyl (C=O) groups excluding carboxylic acids is 1. The molecule has 2 aromatic heterocycles. The highest BCUT2D eigenvalue weighted by atomic mass is 32.1. The predicted octanol–water partition coefficient (Wildman–Crippen LogP) is 5.63. The molecule has 0 unspecified atom stereocenters. The third kappa shape index (κ3) is 6.80. The molecule has 1 atom stereocenters. The number of anilines is 3. The van der Waals surface area contributed by atoms with E-state index in [0.29, 0.717) is 24.2 Å². The number of hydrogen-bond donors (Lipinski definition) is 2. The van der Waals surface area contributed by atoms with Gasteiger partial charge in [0.15, 0.2) is 0 Å². The standard InChI is InChI=1S/C26H34F3N5O2.H2S/c1-15(2)24-25(35)33-23-16(3)32-22(11-20(23)34(24)4)31-12-17-5-7-18(8-6-17)14-36-19-9-10-21(30-13-19)26(27,28)29;/h9-11,13,15,17-18,24H,5-8,12,14H2,1-4H3,(H,31,32)(H,33,35);1H2/t17?,18?,24-;/m0./s1. The highest BCUT2D eigenvalue weighted by Gasteiger charge is 2.34. The summed E-state index contributed by atoms with van der Waals surface area (Å²) in [6, 6.07) is 4.06. The summed E-state index contributed by atoms with van der Waals surface area (Å²) in [5.74, 6) is 2.23. The first-order chi connectivity index (χ1) is 17.0. The van der Waals surface area contributed by atoms with Crippen LogP contribution in [0, 0.1) is 24.7 Å². The minimum Gasteiger partial charge on any atom is -0.492 e. The topological polar surface area (TPSA) is 79.4 Å². The summed E-state index contributed by atoms with van der Waals surface area (Å²) in [4.78, 5) is 22.7. The highest BCUT2D eigenvalue weighted by molar-refractivity contribution is 7.59. The number of carbonyl (C=O) groups is 1. The Labute approximate surface area is 223 Å². The van der Waals surface area contributed by atoms with Crippen molar-refractivity contribution in [1.82, 2.24) is 9.97 Å². The summed E-state index contributed by atoms with van der Waals surface area (Å²) < 4.78 is 43.6. The Morgan fingerprint density at radius 2 is 1.86 bits per heavy atom. The Balaban J connectivity index is 0.00000380. The van der Waals surface area contributed by atoms with E-state index in [9.17, 15) is 18.0 Å². The van der Waals surface area contributed by atoms with Crippen molar-refractivity contribution in [2.45, 2.75) is 58.7 Å². The van der Waals surface area contributed by atoms with Crippen LogP contribution in [0.1, 0.15) is 50.9 Å². The fourth-order valence-electron chi connectivity index (χ4n) is 5.15. The number of hydrogen-bond acceptors (Lipinski definition) is 6. The molecule has 0 saturated heterocycles. The number of alkyl halides is 3. The Hall–Kier alpha value is -2.69. The van der Waals surface area contributed by atoms with Gasteiger partial charge in [-0.3, -0.25) is 4.79 Å². The summed E-state index contributed by atoms with van der Waals surface area (Å²) in [5.41, 5.74) is 1.62. The molecule has 2 N–H and O–H groups in total. The molecule has 1 aliphatic heterocycles. The van der Waals surface area contributed by atoms with Crippen molar-refractivity contribution in [2.24, 2.45) is 17.8 Å². The first-order valence-corrected chi connectivity index (χ1v) is 12.5. The second-order valence-electron chi connectivity index (χ2n) is 10.2. The maximum absolute atomic E-state index is 12.6. The summed E-state index contributed by atoms with van der Waals surface area (Å²) in [6.45, 7) is 7.28. The normalized spacial score (nSPS) is 21.7. The van der Waals surface area contributed by atoms with Gasteiger partial charge in [-0.05, 0) is 62.5 Å². The van der Waals surface area contributed by atoms with E-state index in [1.165, 1.54) is 6.07 Å². The van der Waals surface area contributed by atoms with Crippen molar-refractivity contribution in [3.63, 3.8) is 0 Å². The molecule has 3 heterocycles. The van der Waals surface area contributed by atoms with Crippen molar-refractivity contribution >= 4 is 36.6 Å². The van der Waals surface area contributed by atoms with Crippen LogP contribution in [-0.2, 0) is 11.0 Å².